The van der Waals surface area contributed by atoms with Crippen LogP contribution in [-0.2, 0) is 19.1 Å². The van der Waals surface area contributed by atoms with Crippen molar-refractivity contribution in [3.63, 3.8) is 0 Å². The first-order valence-electron chi connectivity index (χ1n) is 6.65. The summed E-state index contributed by atoms with van der Waals surface area (Å²) in [6, 6.07) is 0. The van der Waals surface area contributed by atoms with Crippen LogP contribution >= 0.6 is 15.9 Å². The minimum Gasteiger partial charge on any atom is -0.464 e. The summed E-state index contributed by atoms with van der Waals surface area (Å²) in [5.74, 6) is -0.971. The number of hydrogen-bond acceptors (Lipinski definition) is 4. The molecule has 0 saturated heterocycles. The molecule has 0 aliphatic carbocycles. The van der Waals surface area contributed by atoms with E-state index in [1.54, 1.807) is 13.8 Å². The zero-order valence-electron chi connectivity index (χ0n) is 12.7. The van der Waals surface area contributed by atoms with Crippen LogP contribution in [-0.4, -0.2) is 29.5 Å². The van der Waals surface area contributed by atoms with E-state index in [0.717, 1.165) is 0 Å². The zero-order valence-corrected chi connectivity index (χ0v) is 14.2. The first-order valence-corrected chi connectivity index (χ1v) is 7.45. The fraction of sp³-hybridized carbons (Fsp3) is 0.857. The topological polar surface area (TPSA) is 52.6 Å². The third-order valence-corrected chi connectivity index (χ3v) is 4.05. The van der Waals surface area contributed by atoms with Gasteiger partial charge in [-0.2, -0.15) is 0 Å². The first kappa shape index (κ1) is 18.4. The minimum atomic E-state index is -1.42. The van der Waals surface area contributed by atoms with E-state index in [4.69, 9.17) is 9.47 Å². The molecule has 0 fully saturated rings. The Morgan fingerprint density at radius 3 is 1.42 bits per heavy atom. The lowest BCUT2D eigenvalue weighted by Gasteiger charge is -2.27. The van der Waals surface area contributed by atoms with Gasteiger partial charge in [-0.05, 0) is 17.8 Å². The summed E-state index contributed by atoms with van der Waals surface area (Å²) in [5, 5.41) is 0. The highest BCUT2D eigenvalue weighted by atomic mass is 79.9. The molecule has 0 aromatic rings. The number of carbonyl (C=O) groups is 2. The average Bonchev–Trinajstić information content (AvgIpc) is 2.31. The van der Waals surface area contributed by atoms with E-state index in [-0.39, 0.29) is 31.0 Å². The summed E-state index contributed by atoms with van der Waals surface area (Å²) >= 11 is 3.23. The van der Waals surface area contributed by atoms with Crippen molar-refractivity contribution in [2.24, 2.45) is 17.8 Å². The second kappa shape index (κ2) is 7.88. The third kappa shape index (κ3) is 5.51. The van der Waals surface area contributed by atoms with Crippen molar-refractivity contribution in [3.8, 4) is 0 Å². The van der Waals surface area contributed by atoms with Gasteiger partial charge in [0.25, 0.3) is 0 Å². The van der Waals surface area contributed by atoms with E-state index >= 15 is 0 Å². The Bertz CT molecular complexity index is 287. The lowest BCUT2D eigenvalue weighted by atomic mass is 9.95. The summed E-state index contributed by atoms with van der Waals surface area (Å²) in [5.41, 5.74) is 0. The molecule has 112 valence electrons. The number of alkyl halides is 1. The molecule has 0 aliphatic rings. The van der Waals surface area contributed by atoms with Crippen molar-refractivity contribution in [1.82, 2.24) is 0 Å². The monoisotopic (exact) mass is 336 g/mol. The first-order chi connectivity index (χ1) is 8.62. The SMILES string of the molecule is CC(C)COC(=O)C(Br)(C(=O)OCC(C)C)C(C)C. The Kier molecular flexibility index (Phi) is 7.64. The molecule has 0 atom stereocenters. The maximum absolute atomic E-state index is 12.1. The van der Waals surface area contributed by atoms with Crippen LogP contribution in [0, 0.1) is 17.8 Å². The smallest absolute Gasteiger partial charge is 0.334 e. The van der Waals surface area contributed by atoms with Crippen molar-refractivity contribution >= 4 is 27.9 Å². The molecule has 0 rings (SSSR count). The number of esters is 2. The van der Waals surface area contributed by atoms with Crippen molar-refractivity contribution in [2.75, 3.05) is 13.2 Å². The predicted octanol–water partition coefficient (Wildman–Crippen LogP) is 3.17. The van der Waals surface area contributed by atoms with Crippen LogP contribution in [0.4, 0.5) is 0 Å². The highest BCUT2D eigenvalue weighted by Gasteiger charge is 2.49. The van der Waals surface area contributed by atoms with Crippen molar-refractivity contribution in [2.45, 2.75) is 45.9 Å². The Labute approximate surface area is 124 Å². The van der Waals surface area contributed by atoms with Crippen LogP contribution in [0.3, 0.4) is 0 Å². The lowest BCUT2D eigenvalue weighted by molar-refractivity contribution is -0.161. The van der Waals surface area contributed by atoms with E-state index in [2.05, 4.69) is 15.9 Å². The van der Waals surface area contributed by atoms with Gasteiger partial charge in [-0.1, -0.05) is 57.5 Å². The molecule has 0 amide bonds. The van der Waals surface area contributed by atoms with Gasteiger partial charge in [0.15, 0.2) is 0 Å². The summed E-state index contributed by atoms with van der Waals surface area (Å²) < 4.78 is 8.92. The molecule has 0 heterocycles. The maximum Gasteiger partial charge on any atom is 0.334 e. The fourth-order valence-electron chi connectivity index (χ4n) is 1.25. The van der Waals surface area contributed by atoms with E-state index in [0.29, 0.717) is 0 Å². The van der Waals surface area contributed by atoms with Crippen molar-refractivity contribution in [3.05, 3.63) is 0 Å². The summed E-state index contributed by atoms with van der Waals surface area (Å²) in [4.78, 5) is 24.3. The second-order valence-corrected chi connectivity index (χ2v) is 7.10. The van der Waals surface area contributed by atoms with Crippen LogP contribution in [0.2, 0.25) is 0 Å². The number of rotatable bonds is 7. The lowest BCUT2D eigenvalue weighted by Crippen LogP contribution is -2.48. The second-order valence-electron chi connectivity index (χ2n) is 5.85. The van der Waals surface area contributed by atoms with Gasteiger partial charge >= 0.3 is 11.9 Å². The van der Waals surface area contributed by atoms with Crippen molar-refractivity contribution < 1.29 is 19.1 Å². The van der Waals surface area contributed by atoms with Crippen molar-refractivity contribution in [1.29, 1.82) is 0 Å². The van der Waals surface area contributed by atoms with Gasteiger partial charge in [-0.15, -0.1) is 0 Å². The molecular weight excluding hydrogens is 312 g/mol. The molecule has 0 N–H and O–H groups in total. The molecule has 0 spiro atoms. The number of ether oxygens (including phenoxy) is 2. The quantitative estimate of drug-likeness (QED) is 0.407. The van der Waals surface area contributed by atoms with Gasteiger partial charge < -0.3 is 9.47 Å². The molecule has 0 aliphatic heterocycles. The largest absolute Gasteiger partial charge is 0.464 e. The normalized spacial score (nSPS) is 12.1. The Balaban J connectivity index is 4.83. The summed E-state index contributed by atoms with van der Waals surface area (Å²) in [7, 11) is 0. The van der Waals surface area contributed by atoms with E-state index in [9.17, 15) is 9.59 Å². The zero-order chi connectivity index (χ0) is 15.2. The molecule has 0 bridgehead atoms. The predicted molar refractivity (Wildman–Crippen MR) is 78.1 cm³/mol. The van der Waals surface area contributed by atoms with Gasteiger partial charge in [-0.25, -0.2) is 9.59 Å². The van der Waals surface area contributed by atoms with E-state index in [1.807, 2.05) is 27.7 Å². The van der Waals surface area contributed by atoms with Gasteiger partial charge in [0, 0.05) is 0 Å². The highest BCUT2D eigenvalue weighted by molar-refractivity contribution is 9.10. The van der Waals surface area contributed by atoms with Gasteiger partial charge in [0.2, 0.25) is 4.32 Å². The van der Waals surface area contributed by atoms with Gasteiger partial charge in [0.05, 0.1) is 13.2 Å². The maximum atomic E-state index is 12.1. The van der Waals surface area contributed by atoms with E-state index in [1.165, 1.54) is 0 Å². The fourth-order valence-corrected chi connectivity index (χ4v) is 1.48. The molecule has 0 unspecified atom stereocenters. The Hall–Kier alpha value is -0.580. The van der Waals surface area contributed by atoms with Crippen LogP contribution < -0.4 is 0 Å². The van der Waals surface area contributed by atoms with Crippen LogP contribution in [0.15, 0.2) is 0 Å². The minimum absolute atomic E-state index is 0.222. The molecule has 0 aromatic heterocycles. The molecular formula is C14H25BrO4. The highest BCUT2D eigenvalue weighted by Crippen LogP contribution is 2.31. The molecule has 5 heteroatoms. The molecule has 0 saturated carbocycles. The summed E-state index contributed by atoms with van der Waals surface area (Å²) in [6.45, 7) is 11.9. The third-order valence-electron chi connectivity index (χ3n) is 2.49. The number of carbonyl (C=O) groups excluding carboxylic acids is 2. The molecule has 0 aromatic carbocycles. The Morgan fingerprint density at radius 2 is 1.21 bits per heavy atom. The molecule has 19 heavy (non-hydrogen) atoms. The number of hydrogen-bond donors (Lipinski definition) is 0. The average molecular weight is 337 g/mol. The molecule has 0 radical (unpaired) electrons. The van der Waals surface area contributed by atoms with Gasteiger partial charge in [0.1, 0.15) is 0 Å². The number of halogens is 1. The summed E-state index contributed by atoms with van der Waals surface area (Å²) in [6.07, 6.45) is 0. The van der Waals surface area contributed by atoms with Crippen LogP contribution in [0.5, 0.6) is 0 Å². The van der Waals surface area contributed by atoms with Gasteiger partial charge in [-0.3, -0.25) is 0 Å². The molecule has 4 nitrogen and oxygen atoms in total. The standard InChI is InChI=1S/C14H25BrO4/c1-9(2)7-18-12(16)14(15,11(5)6)13(17)19-8-10(3)4/h9-11H,7-8H2,1-6H3. The van der Waals surface area contributed by atoms with Crippen LogP contribution in [0.1, 0.15) is 41.5 Å². The Morgan fingerprint density at radius 1 is 0.895 bits per heavy atom. The van der Waals surface area contributed by atoms with E-state index < -0.39 is 16.3 Å². The van der Waals surface area contributed by atoms with Crippen LogP contribution in [0.25, 0.3) is 0 Å².